The molecule has 1 atom stereocenters. The van der Waals surface area contributed by atoms with Crippen LogP contribution in [-0.2, 0) is 4.74 Å². The maximum Gasteiger partial charge on any atom is 0.112 e. The van der Waals surface area contributed by atoms with Gasteiger partial charge in [0.15, 0.2) is 0 Å². The average molecular weight is 294 g/mol. The van der Waals surface area contributed by atoms with Crippen LogP contribution in [0.1, 0.15) is 11.8 Å². The van der Waals surface area contributed by atoms with Crippen LogP contribution in [0.5, 0.6) is 0 Å². The van der Waals surface area contributed by atoms with Gasteiger partial charge in [0.05, 0.1) is 23.3 Å². The lowest BCUT2D eigenvalue weighted by Crippen LogP contribution is -2.33. The van der Waals surface area contributed by atoms with Gasteiger partial charge in [-0.05, 0) is 34.1 Å². The fourth-order valence-corrected chi connectivity index (χ4v) is 2.25. The Kier molecular flexibility index (Phi) is 3.05. The molecule has 0 aliphatic carbocycles. The van der Waals surface area contributed by atoms with Crippen LogP contribution in [0.3, 0.4) is 0 Å². The summed E-state index contributed by atoms with van der Waals surface area (Å²) >= 11 is 3.41. The molecule has 1 N–H and O–H groups in total. The summed E-state index contributed by atoms with van der Waals surface area (Å²) in [6.07, 6.45) is 1.83. The first kappa shape index (κ1) is 11.1. The number of morpholine rings is 1. The highest BCUT2D eigenvalue weighted by Crippen LogP contribution is 2.21. The van der Waals surface area contributed by atoms with Crippen molar-refractivity contribution in [3.63, 3.8) is 0 Å². The van der Waals surface area contributed by atoms with Crippen molar-refractivity contribution in [1.29, 1.82) is 0 Å². The molecule has 17 heavy (non-hydrogen) atoms. The van der Waals surface area contributed by atoms with Crippen molar-refractivity contribution in [2.45, 2.75) is 6.10 Å². The monoisotopic (exact) mass is 293 g/mol. The smallest absolute Gasteiger partial charge is 0.112 e. The van der Waals surface area contributed by atoms with E-state index in [2.05, 4.69) is 31.2 Å². The van der Waals surface area contributed by atoms with Gasteiger partial charge in [0.25, 0.3) is 0 Å². The van der Waals surface area contributed by atoms with Crippen molar-refractivity contribution < 1.29 is 4.74 Å². The normalized spacial score (nSPS) is 20.6. The summed E-state index contributed by atoms with van der Waals surface area (Å²) in [7, 11) is 0. The van der Waals surface area contributed by atoms with Gasteiger partial charge >= 0.3 is 0 Å². The highest BCUT2D eigenvalue weighted by molar-refractivity contribution is 9.10. The summed E-state index contributed by atoms with van der Waals surface area (Å²) in [4.78, 5) is 8.90. The molecule has 3 heterocycles. The quantitative estimate of drug-likeness (QED) is 0.874. The predicted octanol–water partition coefficient (Wildman–Crippen LogP) is 2.05. The summed E-state index contributed by atoms with van der Waals surface area (Å²) < 4.78 is 6.63. The highest BCUT2D eigenvalue weighted by atomic mass is 79.9. The van der Waals surface area contributed by atoms with E-state index in [0.29, 0.717) is 0 Å². The molecular weight excluding hydrogens is 282 g/mol. The van der Waals surface area contributed by atoms with Gasteiger partial charge in [-0.2, -0.15) is 0 Å². The molecule has 0 radical (unpaired) electrons. The van der Waals surface area contributed by atoms with Gasteiger partial charge in [0, 0.05) is 23.8 Å². The van der Waals surface area contributed by atoms with E-state index in [-0.39, 0.29) is 6.10 Å². The lowest BCUT2D eigenvalue weighted by Gasteiger charge is -2.23. The minimum absolute atomic E-state index is 0.0483. The van der Waals surface area contributed by atoms with Crippen molar-refractivity contribution in [1.82, 2.24) is 15.3 Å². The Labute approximate surface area is 108 Å². The molecule has 1 saturated heterocycles. The molecule has 0 spiro atoms. The summed E-state index contributed by atoms with van der Waals surface area (Å²) in [5.41, 5.74) is 2.76. The first-order valence-electron chi connectivity index (χ1n) is 5.57. The third-order valence-corrected chi connectivity index (χ3v) is 3.22. The van der Waals surface area contributed by atoms with Gasteiger partial charge in [-0.1, -0.05) is 0 Å². The van der Waals surface area contributed by atoms with Crippen LogP contribution in [0.4, 0.5) is 0 Å². The molecule has 1 unspecified atom stereocenters. The Morgan fingerprint density at radius 1 is 1.35 bits per heavy atom. The highest BCUT2D eigenvalue weighted by Gasteiger charge is 2.17. The van der Waals surface area contributed by atoms with Gasteiger partial charge in [0.1, 0.15) is 6.10 Å². The van der Waals surface area contributed by atoms with E-state index in [9.17, 15) is 0 Å². The van der Waals surface area contributed by atoms with Gasteiger partial charge in [-0.3, -0.25) is 4.98 Å². The zero-order valence-electron chi connectivity index (χ0n) is 9.19. The van der Waals surface area contributed by atoms with Crippen molar-refractivity contribution >= 4 is 27.0 Å². The second-order valence-corrected chi connectivity index (χ2v) is 4.91. The van der Waals surface area contributed by atoms with E-state index in [1.807, 2.05) is 18.2 Å². The van der Waals surface area contributed by atoms with Crippen molar-refractivity contribution in [3.05, 3.63) is 34.6 Å². The zero-order chi connectivity index (χ0) is 11.7. The Hall–Kier alpha value is -1.04. The minimum Gasteiger partial charge on any atom is -0.369 e. The van der Waals surface area contributed by atoms with Gasteiger partial charge in [-0.25, -0.2) is 4.98 Å². The molecule has 1 fully saturated rings. The lowest BCUT2D eigenvalue weighted by atomic mass is 10.2. The molecule has 5 heteroatoms. The molecule has 2 aromatic heterocycles. The van der Waals surface area contributed by atoms with E-state index in [1.165, 1.54) is 0 Å². The molecule has 3 rings (SSSR count). The van der Waals surface area contributed by atoms with Crippen molar-refractivity contribution in [2.75, 3.05) is 19.7 Å². The standard InChI is InChI=1S/C12H12BrN3O/c13-8-5-11-9(15-6-8)1-2-10(16-11)12-7-14-3-4-17-12/h1-2,5-6,12,14H,3-4,7H2. The number of nitrogens with zero attached hydrogens (tertiary/aromatic N) is 2. The molecule has 0 bridgehead atoms. The third-order valence-electron chi connectivity index (χ3n) is 2.78. The topological polar surface area (TPSA) is 47.0 Å². The Balaban J connectivity index is 1.99. The minimum atomic E-state index is 0.0483. The van der Waals surface area contributed by atoms with E-state index < -0.39 is 0 Å². The fourth-order valence-electron chi connectivity index (χ4n) is 1.93. The Morgan fingerprint density at radius 2 is 2.29 bits per heavy atom. The maximum atomic E-state index is 5.69. The van der Waals surface area contributed by atoms with E-state index in [0.717, 1.165) is 40.9 Å². The SMILES string of the molecule is Brc1cnc2ccc(C3CNCCO3)nc2c1. The number of rotatable bonds is 1. The molecule has 88 valence electrons. The fraction of sp³-hybridized carbons (Fsp3) is 0.333. The number of hydrogen-bond donors (Lipinski definition) is 1. The number of hydrogen-bond acceptors (Lipinski definition) is 4. The maximum absolute atomic E-state index is 5.69. The Morgan fingerprint density at radius 3 is 3.12 bits per heavy atom. The van der Waals surface area contributed by atoms with Gasteiger partial charge in [-0.15, -0.1) is 0 Å². The first-order chi connectivity index (χ1) is 8.33. The number of ether oxygens (including phenoxy) is 1. The summed E-state index contributed by atoms with van der Waals surface area (Å²) in [6.45, 7) is 2.47. The second-order valence-electron chi connectivity index (χ2n) is 3.99. The molecule has 1 aliphatic rings. The number of nitrogens with one attached hydrogen (secondary N) is 1. The molecule has 0 amide bonds. The number of aromatic nitrogens is 2. The number of fused-ring (bicyclic) bond motifs is 1. The largest absolute Gasteiger partial charge is 0.369 e. The van der Waals surface area contributed by atoms with Crippen LogP contribution in [0.15, 0.2) is 28.9 Å². The molecule has 1 aliphatic heterocycles. The van der Waals surface area contributed by atoms with Crippen LogP contribution in [0.2, 0.25) is 0 Å². The summed E-state index contributed by atoms with van der Waals surface area (Å²) in [5.74, 6) is 0. The van der Waals surface area contributed by atoms with E-state index in [1.54, 1.807) is 6.20 Å². The molecule has 2 aromatic rings. The van der Waals surface area contributed by atoms with Crippen LogP contribution < -0.4 is 5.32 Å². The van der Waals surface area contributed by atoms with E-state index >= 15 is 0 Å². The summed E-state index contributed by atoms with van der Waals surface area (Å²) in [6, 6.07) is 5.95. The van der Waals surface area contributed by atoms with Crippen molar-refractivity contribution in [3.8, 4) is 0 Å². The molecule has 0 saturated carbocycles. The summed E-state index contributed by atoms with van der Waals surface area (Å²) in [5, 5.41) is 3.30. The average Bonchev–Trinajstić information content (AvgIpc) is 2.39. The van der Waals surface area contributed by atoms with Crippen LogP contribution in [0, 0.1) is 0 Å². The molecular formula is C12H12BrN3O. The van der Waals surface area contributed by atoms with Crippen molar-refractivity contribution in [2.24, 2.45) is 0 Å². The van der Waals surface area contributed by atoms with Crippen LogP contribution >= 0.6 is 15.9 Å². The lowest BCUT2D eigenvalue weighted by molar-refractivity contribution is 0.0252. The van der Waals surface area contributed by atoms with Gasteiger partial charge in [0.2, 0.25) is 0 Å². The predicted molar refractivity (Wildman–Crippen MR) is 68.8 cm³/mol. The molecule has 4 nitrogen and oxygen atoms in total. The zero-order valence-corrected chi connectivity index (χ0v) is 10.8. The number of halogens is 1. The third kappa shape index (κ3) is 2.31. The van der Waals surface area contributed by atoms with Crippen LogP contribution in [-0.4, -0.2) is 29.7 Å². The second kappa shape index (κ2) is 4.68. The molecule has 0 aromatic carbocycles. The first-order valence-corrected chi connectivity index (χ1v) is 6.37. The Bertz CT molecular complexity index is 540. The number of pyridine rings is 2. The van der Waals surface area contributed by atoms with Crippen LogP contribution in [0.25, 0.3) is 11.0 Å². The van der Waals surface area contributed by atoms with Gasteiger partial charge < -0.3 is 10.1 Å². The van der Waals surface area contributed by atoms with E-state index in [4.69, 9.17) is 4.74 Å².